The van der Waals surface area contributed by atoms with Gasteiger partial charge in [0.2, 0.25) is 0 Å². The van der Waals surface area contributed by atoms with Crippen LogP contribution >= 0.6 is 0 Å². The number of aryl methyl sites for hydroxylation is 1. The minimum atomic E-state index is 1.15. The molecule has 0 aliphatic rings. The van der Waals surface area contributed by atoms with E-state index in [2.05, 4.69) is 37.3 Å². The molecule has 1 aromatic rings. The number of hydrogen-bond acceptors (Lipinski definition) is 0. The molecule has 0 aliphatic carbocycles. The Morgan fingerprint density at radius 1 is 0.944 bits per heavy atom. The topological polar surface area (TPSA) is 0 Å². The molecule has 18 heavy (non-hydrogen) atoms. The van der Waals surface area contributed by atoms with Crippen LogP contribution in [0.4, 0.5) is 0 Å². The molecule has 0 fully saturated rings. The Kier molecular flexibility index (Phi) is 9.24. The highest BCUT2D eigenvalue weighted by Crippen LogP contribution is 2.07. The monoisotopic (exact) mass is 243 g/mol. The smallest absolute Gasteiger partial charge is 0.0149 e. The van der Waals surface area contributed by atoms with Crippen molar-refractivity contribution in [2.45, 2.75) is 64.7 Å². The van der Waals surface area contributed by atoms with Crippen LogP contribution in [0.25, 0.3) is 0 Å². The van der Waals surface area contributed by atoms with Gasteiger partial charge in [-0.25, -0.2) is 0 Å². The highest BCUT2D eigenvalue weighted by Gasteiger charge is 1.90. The van der Waals surface area contributed by atoms with Crippen molar-refractivity contribution >= 4 is 0 Å². The fourth-order valence-electron chi connectivity index (χ4n) is 2.10. The van der Waals surface area contributed by atoms with Crippen LogP contribution in [0, 0.1) is 6.07 Å². The fraction of sp³-hybridized carbons (Fsp3) is 0.556. The number of allylic oxidation sites excluding steroid dienone is 2. The molecule has 1 aromatic carbocycles. The predicted molar refractivity (Wildman–Crippen MR) is 80.7 cm³/mol. The highest BCUT2D eigenvalue weighted by molar-refractivity contribution is 5.12. The van der Waals surface area contributed by atoms with Gasteiger partial charge in [0.05, 0.1) is 0 Å². The lowest BCUT2D eigenvalue weighted by Gasteiger charge is -1.98. The maximum Gasteiger partial charge on any atom is -0.0149 e. The Morgan fingerprint density at radius 2 is 1.72 bits per heavy atom. The van der Waals surface area contributed by atoms with Gasteiger partial charge in [-0.3, -0.25) is 0 Å². The minimum Gasteiger partial charge on any atom is -0.0885 e. The molecule has 0 heteroatoms. The zero-order valence-corrected chi connectivity index (χ0v) is 11.8. The molecule has 0 aromatic heterocycles. The third-order valence-corrected chi connectivity index (χ3v) is 3.23. The van der Waals surface area contributed by atoms with E-state index in [1.165, 1.54) is 56.9 Å². The van der Waals surface area contributed by atoms with Crippen molar-refractivity contribution < 1.29 is 0 Å². The van der Waals surface area contributed by atoms with Crippen molar-refractivity contribution in [3.05, 3.63) is 48.0 Å². The molecule has 0 saturated carbocycles. The first-order valence-corrected chi connectivity index (χ1v) is 7.54. The van der Waals surface area contributed by atoms with Crippen LogP contribution in [0.3, 0.4) is 0 Å². The van der Waals surface area contributed by atoms with Gasteiger partial charge in [-0.05, 0) is 43.7 Å². The largest absolute Gasteiger partial charge is 0.0885 e. The summed E-state index contributed by atoms with van der Waals surface area (Å²) in [5, 5.41) is 0. The Bertz CT molecular complexity index is 297. The number of hydrogen-bond donors (Lipinski definition) is 0. The normalized spacial score (nSPS) is 11.2. The molecular formula is C18H27. The van der Waals surface area contributed by atoms with Crippen molar-refractivity contribution in [2.75, 3.05) is 0 Å². The summed E-state index contributed by atoms with van der Waals surface area (Å²) in [5.74, 6) is 0. The second-order valence-corrected chi connectivity index (χ2v) is 4.95. The number of unbranched alkanes of at least 4 members (excludes halogenated alkanes) is 6. The lowest BCUT2D eigenvalue weighted by Crippen LogP contribution is -1.83. The van der Waals surface area contributed by atoms with Gasteiger partial charge in [0.25, 0.3) is 0 Å². The predicted octanol–water partition coefficient (Wildman–Crippen LogP) is 5.73. The lowest BCUT2D eigenvalue weighted by molar-refractivity contribution is 0.637. The molecular weight excluding hydrogens is 216 g/mol. The van der Waals surface area contributed by atoms with Crippen LogP contribution in [0.15, 0.2) is 36.4 Å². The van der Waals surface area contributed by atoms with Crippen LogP contribution < -0.4 is 0 Å². The Hall–Kier alpha value is -1.04. The molecule has 0 N–H and O–H groups in total. The Morgan fingerprint density at radius 3 is 2.44 bits per heavy atom. The summed E-state index contributed by atoms with van der Waals surface area (Å²) in [6.45, 7) is 2.27. The van der Waals surface area contributed by atoms with Crippen molar-refractivity contribution in [1.29, 1.82) is 0 Å². The zero-order valence-electron chi connectivity index (χ0n) is 11.8. The first-order chi connectivity index (χ1) is 8.93. The highest BCUT2D eigenvalue weighted by atomic mass is 14.0. The summed E-state index contributed by atoms with van der Waals surface area (Å²) in [7, 11) is 0. The van der Waals surface area contributed by atoms with E-state index in [1.807, 2.05) is 12.1 Å². The first kappa shape index (κ1) is 15.0. The third kappa shape index (κ3) is 8.11. The summed E-state index contributed by atoms with van der Waals surface area (Å²) >= 11 is 0. The zero-order chi connectivity index (χ0) is 12.9. The van der Waals surface area contributed by atoms with Crippen LogP contribution in [0.2, 0.25) is 0 Å². The van der Waals surface area contributed by atoms with Gasteiger partial charge in [0.15, 0.2) is 0 Å². The summed E-state index contributed by atoms with van der Waals surface area (Å²) in [6.07, 6.45) is 16.5. The van der Waals surface area contributed by atoms with E-state index in [4.69, 9.17) is 0 Å². The van der Waals surface area contributed by atoms with E-state index < -0.39 is 0 Å². The first-order valence-electron chi connectivity index (χ1n) is 7.54. The lowest BCUT2D eigenvalue weighted by atomic mass is 10.1. The van der Waals surface area contributed by atoms with Gasteiger partial charge in [-0.2, -0.15) is 0 Å². The Labute approximate surface area is 113 Å². The average Bonchev–Trinajstić information content (AvgIpc) is 2.42. The van der Waals surface area contributed by atoms with E-state index in [-0.39, 0.29) is 0 Å². The van der Waals surface area contributed by atoms with Gasteiger partial charge in [-0.15, -0.1) is 0 Å². The van der Waals surface area contributed by atoms with Crippen molar-refractivity contribution in [2.24, 2.45) is 0 Å². The second kappa shape index (κ2) is 11.1. The molecule has 0 nitrogen and oxygen atoms in total. The van der Waals surface area contributed by atoms with Crippen molar-refractivity contribution in [3.63, 3.8) is 0 Å². The average molecular weight is 243 g/mol. The van der Waals surface area contributed by atoms with E-state index in [1.54, 1.807) is 0 Å². The minimum absolute atomic E-state index is 1.15. The van der Waals surface area contributed by atoms with Crippen molar-refractivity contribution in [3.8, 4) is 0 Å². The number of rotatable bonds is 10. The molecule has 99 valence electrons. The second-order valence-electron chi connectivity index (χ2n) is 4.95. The molecule has 0 unspecified atom stereocenters. The summed E-state index contributed by atoms with van der Waals surface area (Å²) in [4.78, 5) is 0. The SMILES string of the molecule is CCCCCCCC=CCCCc1[c]cccc1. The van der Waals surface area contributed by atoms with Gasteiger partial charge < -0.3 is 0 Å². The fourth-order valence-corrected chi connectivity index (χ4v) is 2.10. The van der Waals surface area contributed by atoms with Gasteiger partial charge in [0.1, 0.15) is 0 Å². The maximum absolute atomic E-state index is 3.28. The van der Waals surface area contributed by atoms with Crippen molar-refractivity contribution in [1.82, 2.24) is 0 Å². The van der Waals surface area contributed by atoms with Gasteiger partial charge in [-0.1, -0.05) is 69.0 Å². The van der Waals surface area contributed by atoms with Crippen LogP contribution in [0.1, 0.15) is 63.9 Å². The molecule has 0 heterocycles. The molecule has 0 spiro atoms. The molecule has 0 amide bonds. The van der Waals surface area contributed by atoms with Gasteiger partial charge >= 0.3 is 0 Å². The molecule has 0 saturated heterocycles. The van der Waals surface area contributed by atoms with Gasteiger partial charge in [0, 0.05) is 0 Å². The quantitative estimate of drug-likeness (QED) is 0.364. The molecule has 1 radical (unpaired) electrons. The summed E-state index contributed by atoms with van der Waals surface area (Å²) in [5.41, 5.74) is 1.34. The molecule has 1 rings (SSSR count). The summed E-state index contributed by atoms with van der Waals surface area (Å²) < 4.78 is 0. The number of benzene rings is 1. The standard InChI is InChI=1S/C18H27/c1-2-3-4-5-6-7-8-9-10-12-15-18-16-13-11-14-17-18/h8-9,11,13-14,16H,2-7,10,12,15H2,1H3. The van der Waals surface area contributed by atoms with E-state index >= 15 is 0 Å². The molecule has 0 bridgehead atoms. The Balaban J connectivity index is 1.91. The third-order valence-electron chi connectivity index (χ3n) is 3.23. The van der Waals surface area contributed by atoms with E-state index in [0.29, 0.717) is 0 Å². The molecule has 0 atom stereocenters. The van der Waals surface area contributed by atoms with Crippen LogP contribution in [-0.2, 0) is 6.42 Å². The van der Waals surface area contributed by atoms with Crippen LogP contribution in [-0.4, -0.2) is 0 Å². The maximum atomic E-state index is 3.28. The molecule has 0 aliphatic heterocycles. The van der Waals surface area contributed by atoms with E-state index in [9.17, 15) is 0 Å². The van der Waals surface area contributed by atoms with E-state index in [0.717, 1.165) is 6.42 Å². The summed E-state index contributed by atoms with van der Waals surface area (Å²) in [6, 6.07) is 11.6. The van der Waals surface area contributed by atoms with Crippen LogP contribution in [0.5, 0.6) is 0 Å².